The van der Waals surface area contributed by atoms with Gasteiger partial charge in [-0.05, 0) is 18.2 Å². The van der Waals surface area contributed by atoms with Crippen molar-refractivity contribution in [3.63, 3.8) is 0 Å². The maximum Gasteiger partial charge on any atom is 0.221 e. The summed E-state index contributed by atoms with van der Waals surface area (Å²) in [6.45, 7) is 0.808. The highest BCUT2D eigenvalue weighted by Gasteiger charge is 2.47. The molecule has 0 aromatic heterocycles. The largest absolute Gasteiger partial charge is 0.367 e. The molecule has 2 aromatic carbocycles. The summed E-state index contributed by atoms with van der Waals surface area (Å²) in [4.78, 5) is 7.18. The molecule has 30 heavy (non-hydrogen) atoms. The average Bonchev–Trinajstić information content (AvgIpc) is 3.12. The average molecular weight is 441 g/mol. The summed E-state index contributed by atoms with van der Waals surface area (Å²) < 4.78 is 70.2. The minimum atomic E-state index is -3.88. The minimum absolute atomic E-state index is 0.0615. The van der Waals surface area contributed by atoms with Gasteiger partial charge in [-0.25, -0.2) is 21.6 Å². The van der Waals surface area contributed by atoms with E-state index in [1.165, 1.54) is 34.6 Å². The van der Waals surface area contributed by atoms with E-state index in [0.717, 1.165) is 6.07 Å². The Morgan fingerprint density at radius 1 is 0.933 bits per heavy atom. The fourth-order valence-corrected chi connectivity index (χ4v) is 6.01. The van der Waals surface area contributed by atoms with Crippen molar-refractivity contribution >= 4 is 15.7 Å². The van der Waals surface area contributed by atoms with Crippen molar-refractivity contribution in [3.8, 4) is 0 Å². The summed E-state index contributed by atoms with van der Waals surface area (Å²) >= 11 is 0. The number of hydrogen-bond acceptors (Lipinski definition) is 5. The molecule has 2 atom stereocenters. The van der Waals surface area contributed by atoms with E-state index >= 15 is 0 Å². The van der Waals surface area contributed by atoms with Crippen molar-refractivity contribution in [2.75, 3.05) is 44.7 Å². The zero-order valence-electron chi connectivity index (χ0n) is 16.3. The Bertz CT molecular complexity index is 1030. The van der Waals surface area contributed by atoms with Crippen molar-refractivity contribution in [2.24, 2.45) is 0 Å². The molecule has 0 saturated carbocycles. The first-order chi connectivity index (χ1) is 14.3. The van der Waals surface area contributed by atoms with Crippen molar-refractivity contribution in [3.05, 3.63) is 65.5 Å². The fraction of sp³-hybridized carbons (Fsp3) is 0.400. The first kappa shape index (κ1) is 21.1. The van der Waals surface area contributed by atoms with E-state index in [1.807, 2.05) is 0 Å². The number of rotatable bonds is 4. The molecule has 0 N–H and O–H groups in total. The predicted molar refractivity (Wildman–Crippen MR) is 106 cm³/mol. The normalized spacial score (nSPS) is 23.8. The number of halogens is 3. The number of nitrogens with zero attached hydrogens (tertiary/aromatic N) is 3. The van der Waals surface area contributed by atoms with Gasteiger partial charge in [0.2, 0.25) is 10.0 Å². The second-order valence-electron chi connectivity index (χ2n) is 7.35. The van der Waals surface area contributed by atoms with Gasteiger partial charge in [-0.3, -0.25) is 4.84 Å². The van der Waals surface area contributed by atoms with Gasteiger partial charge in [0.15, 0.2) is 11.6 Å². The third-order valence-electron chi connectivity index (χ3n) is 5.66. The molecule has 0 spiro atoms. The molecule has 4 rings (SSSR count). The first-order valence-corrected chi connectivity index (χ1v) is 11.1. The molecule has 2 aromatic rings. The molecule has 0 radical (unpaired) electrons. The lowest BCUT2D eigenvalue weighted by Gasteiger charge is -2.37. The maximum atomic E-state index is 14.4. The third kappa shape index (κ3) is 3.68. The van der Waals surface area contributed by atoms with Crippen LogP contribution in [0.5, 0.6) is 0 Å². The summed E-state index contributed by atoms with van der Waals surface area (Å²) in [6.07, 6.45) is 0. The Hall–Kier alpha value is -2.14. The Labute approximate surface area is 173 Å². The maximum absolute atomic E-state index is 14.4. The number of benzene rings is 2. The zero-order chi connectivity index (χ0) is 21.5. The molecule has 0 aliphatic carbocycles. The zero-order valence-corrected chi connectivity index (χ0v) is 17.2. The molecule has 162 valence electrons. The molecular formula is C20H22F3N3O3S. The van der Waals surface area contributed by atoms with Gasteiger partial charge in [0.05, 0.1) is 18.3 Å². The monoisotopic (exact) mass is 441 g/mol. The Morgan fingerprint density at radius 2 is 1.60 bits per heavy atom. The molecule has 0 bridgehead atoms. The Balaban J connectivity index is 1.55. The van der Waals surface area contributed by atoms with Gasteiger partial charge in [0, 0.05) is 38.8 Å². The molecule has 2 heterocycles. The SMILES string of the molecule is CN1OCC(S(=O)(=O)N2CCN(c3ccccc3F)CC2)C1c1cccc(F)c1F. The van der Waals surface area contributed by atoms with Crippen LogP contribution in [0.15, 0.2) is 42.5 Å². The molecule has 2 unspecified atom stereocenters. The number of piperazine rings is 1. The van der Waals surface area contributed by atoms with Crippen LogP contribution in [-0.4, -0.2) is 62.9 Å². The smallest absolute Gasteiger partial charge is 0.221 e. The van der Waals surface area contributed by atoms with Gasteiger partial charge in [-0.2, -0.15) is 9.37 Å². The number of hydroxylamine groups is 2. The Morgan fingerprint density at radius 3 is 2.30 bits per heavy atom. The lowest BCUT2D eigenvalue weighted by atomic mass is 10.0. The molecule has 2 saturated heterocycles. The summed E-state index contributed by atoms with van der Waals surface area (Å²) in [5, 5.41) is 0.175. The lowest BCUT2D eigenvalue weighted by Crippen LogP contribution is -2.52. The van der Waals surface area contributed by atoms with E-state index in [4.69, 9.17) is 4.84 Å². The van der Waals surface area contributed by atoms with Crippen LogP contribution in [0, 0.1) is 17.5 Å². The van der Waals surface area contributed by atoms with E-state index in [2.05, 4.69) is 0 Å². The standard InChI is InChI=1S/C20H22F3N3O3S/c1-24-20(14-5-4-7-16(22)19(14)23)18(13-29-24)30(27,28)26-11-9-25(10-12-26)17-8-3-2-6-15(17)21/h2-8,18,20H,9-13H2,1H3. The van der Waals surface area contributed by atoms with Crippen LogP contribution in [0.3, 0.4) is 0 Å². The fourth-order valence-electron chi connectivity index (χ4n) is 4.07. The van der Waals surface area contributed by atoms with E-state index in [-0.39, 0.29) is 31.1 Å². The van der Waals surface area contributed by atoms with Crippen LogP contribution < -0.4 is 4.90 Å². The van der Waals surface area contributed by atoms with E-state index in [9.17, 15) is 21.6 Å². The molecular weight excluding hydrogens is 419 g/mol. The van der Waals surface area contributed by atoms with Gasteiger partial charge >= 0.3 is 0 Å². The van der Waals surface area contributed by atoms with E-state index < -0.39 is 32.9 Å². The quantitative estimate of drug-likeness (QED) is 0.730. The van der Waals surface area contributed by atoms with Crippen molar-refractivity contribution in [2.45, 2.75) is 11.3 Å². The van der Waals surface area contributed by atoms with Crippen LogP contribution >= 0.6 is 0 Å². The summed E-state index contributed by atoms with van der Waals surface area (Å²) in [6, 6.07) is 9.07. The number of anilines is 1. The third-order valence-corrected chi connectivity index (χ3v) is 7.90. The molecule has 2 fully saturated rings. The van der Waals surface area contributed by atoms with Crippen LogP contribution in [0.25, 0.3) is 0 Å². The van der Waals surface area contributed by atoms with Crippen LogP contribution in [0.4, 0.5) is 18.9 Å². The van der Waals surface area contributed by atoms with Crippen molar-refractivity contribution < 1.29 is 26.4 Å². The van der Waals surface area contributed by atoms with E-state index in [1.54, 1.807) is 23.1 Å². The van der Waals surface area contributed by atoms with E-state index in [0.29, 0.717) is 18.8 Å². The molecule has 2 aliphatic rings. The van der Waals surface area contributed by atoms with Crippen molar-refractivity contribution in [1.82, 2.24) is 9.37 Å². The predicted octanol–water partition coefficient (Wildman–Crippen LogP) is 2.54. The summed E-state index contributed by atoms with van der Waals surface area (Å²) in [5.74, 6) is -2.48. The van der Waals surface area contributed by atoms with Gasteiger partial charge in [-0.15, -0.1) is 0 Å². The van der Waals surface area contributed by atoms with Gasteiger partial charge in [-0.1, -0.05) is 24.3 Å². The van der Waals surface area contributed by atoms with Crippen LogP contribution in [0.1, 0.15) is 11.6 Å². The lowest BCUT2D eigenvalue weighted by molar-refractivity contribution is -0.111. The first-order valence-electron chi connectivity index (χ1n) is 9.59. The summed E-state index contributed by atoms with van der Waals surface area (Å²) in [7, 11) is -2.38. The molecule has 2 aliphatic heterocycles. The highest BCUT2D eigenvalue weighted by molar-refractivity contribution is 7.89. The number of sulfonamides is 1. The van der Waals surface area contributed by atoms with Crippen molar-refractivity contribution in [1.29, 1.82) is 0 Å². The summed E-state index contributed by atoms with van der Waals surface area (Å²) in [5.41, 5.74) is 0.367. The number of hydrogen-bond donors (Lipinski definition) is 0. The molecule has 10 heteroatoms. The molecule has 6 nitrogen and oxygen atoms in total. The topological polar surface area (TPSA) is 53.1 Å². The Kier molecular flexibility index (Phi) is 5.75. The minimum Gasteiger partial charge on any atom is -0.367 e. The highest BCUT2D eigenvalue weighted by atomic mass is 32.2. The highest BCUT2D eigenvalue weighted by Crippen LogP contribution is 2.37. The van der Waals surface area contributed by atoms with Crippen LogP contribution in [0.2, 0.25) is 0 Å². The second-order valence-corrected chi connectivity index (χ2v) is 9.50. The van der Waals surface area contributed by atoms with Crippen LogP contribution in [-0.2, 0) is 14.9 Å². The molecule has 0 amide bonds. The van der Waals surface area contributed by atoms with Gasteiger partial charge < -0.3 is 4.90 Å². The second kappa shape index (κ2) is 8.18. The van der Waals surface area contributed by atoms with Gasteiger partial charge in [0.25, 0.3) is 0 Å². The number of para-hydroxylation sites is 1. The van der Waals surface area contributed by atoms with Gasteiger partial charge in [0.1, 0.15) is 11.1 Å².